The molecule has 0 radical (unpaired) electrons. The number of fused-ring (bicyclic) bond motifs is 1. The first kappa shape index (κ1) is 32.4. The van der Waals surface area contributed by atoms with E-state index in [2.05, 4.69) is 42.9 Å². The minimum absolute atomic E-state index is 0.00604. The fraction of sp³-hybridized carbons (Fsp3) is 0.472. The molecule has 45 heavy (non-hydrogen) atoms. The monoisotopic (exact) mass is 614 g/mol. The number of nitrogens with zero attached hydrogens (tertiary/aromatic N) is 4. The number of hydrogen-bond donors (Lipinski definition) is 1. The summed E-state index contributed by atoms with van der Waals surface area (Å²) < 4.78 is 19.4. The third-order valence-electron chi connectivity index (χ3n) is 9.12. The lowest BCUT2D eigenvalue weighted by Crippen LogP contribution is -2.40. The van der Waals surface area contributed by atoms with E-state index in [1.54, 1.807) is 13.0 Å². The number of carboxylic acid groups (broad SMARTS) is 1. The molecule has 0 saturated carbocycles. The molecular weight excluding hydrogens is 568 g/mol. The Morgan fingerprint density at radius 3 is 2.62 bits per heavy atom. The summed E-state index contributed by atoms with van der Waals surface area (Å²) in [5, 5.41) is 13.9. The predicted molar refractivity (Wildman–Crippen MR) is 175 cm³/mol. The van der Waals surface area contributed by atoms with Crippen LogP contribution >= 0.6 is 0 Å². The Morgan fingerprint density at radius 1 is 1.13 bits per heavy atom. The molecule has 0 unspecified atom stereocenters. The first-order valence-electron chi connectivity index (χ1n) is 16.2. The minimum Gasteiger partial charge on any atom is -0.488 e. The van der Waals surface area contributed by atoms with Crippen LogP contribution in [0.3, 0.4) is 0 Å². The van der Waals surface area contributed by atoms with Crippen molar-refractivity contribution in [3.05, 3.63) is 87.4 Å². The van der Waals surface area contributed by atoms with Crippen molar-refractivity contribution in [2.75, 3.05) is 32.9 Å². The molecule has 1 N–H and O–H groups in total. The first-order valence-corrected chi connectivity index (χ1v) is 16.2. The van der Waals surface area contributed by atoms with Crippen LogP contribution in [0.1, 0.15) is 85.3 Å². The van der Waals surface area contributed by atoms with Crippen LogP contribution in [-0.4, -0.2) is 69.7 Å². The van der Waals surface area contributed by atoms with E-state index < -0.39 is 5.97 Å². The van der Waals surface area contributed by atoms with Gasteiger partial charge in [-0.05, 0) is 99.8 Å². The highest BCUT2D eigenvalue weighted by Gasteiger charge is 2.25. The molecule has 4 heterocycles. The van der Waals surface area contributed by atoms with Crippen LogP contribution in [0.15, 0.2) is 53.9 Å². The molecule has 1 fully saturated rings. The number of carbonyl (C=O) groups is 1. The van der Waals surface area contributed by atoms with Crippen LogP contribution in [0, 0.1) is 6.92 Å². The maximum absolute atomic E-state index is 11.8. The van der Waals surface area contributed by atoms with Gasteiger partial charge in [0, 0.05) is 37.9 Å². The summed E-state index contributed by atoms with van der Waals surface area (Å²) in [7, 11) is 0. The zero-order valence-corrected chi connectivity index (χ0v) is 27.3. The Balaban J connectivity index is 1.37. The van der Waals surface area contributed by atoms with Gasteiger partial charge in [0.15, 0.2) is 5.82 Å². The number of ether oxygens (including phenoxy) is 3. The number of hydrogen-bond acceptors (Lipinski definition) is 7. The van der Waals surface area contributed by atoms with Crippen LogP contribution in [0.4, 0.5) is 0 Å². The molecule has 0 atom stereocenters. The second-order valence-electron chi connectivity index (χ2n) is 11.7. The molecule has 2 aliphatic rings. The highest BCUT2D eigenvalue weighted by molar-refractivity contribution is 5.90. The molecule has 9 nitrogen and oxygen atoms in total. The summed E-state index contributed by atoms with van der Waals surface area (Å²) in [6, 6.07) is 10.8. The van der Waals surface area contributed by atoms with Gasteiger partial charge in [-0.15, -0.1) is 0 Å². The average molecular weight is 615 g/mol. The number of allylic oxidation sites excluding steroid dienone is 3. The van der Waals surface area contributed by atoms with Gasteiger partial charge in [0.1, 0.15) is 17.9 Å². The van der Waals surface area contributed by atoms with Crippen molar-refractivity contribution in [2.24, 2.45) is 0 Å². The van der Waals surface area contributed by atoms with Crippen molar-refractivity contribution >= 4 is 11.5 Å². The third kappa shape index (κ3) is 7.15. The zero-order valence-electron chi connectivity index (χ0n) is 27.3. The van der Waals surface area contributed by atoms with Gasteiger partial charge in [0.2, 0.25) is 5.88 Å². The Labute approximate surface area is 266 Å². The summed E-state index contributed by atoms with van der Waals surface area (Å²) >= 11 is 0. The molecule has 0 amide bonds. The highest BCUT2D eigenvalue weighted by atomic mass is 16.5. The van der Waals surface area contributed by atoms with Crippen LogP contribution in [0.2, 0.25) is 0 Å². The highest BCUT2D eigenvalue weighted by Crippen LogP contribution is 2.31. The molecule has 2 aromatic heterocycles. The van der Waals surface area contributed by atoms with E-state index in [4.69, 9.17) is 19.2 Å². The SMILES string of the molecule is C/C=C(\C(OCc1ccc2c(c1C)CCN(C1CCOCC1)CC2)=C(\C)CC)c1cccc(-n2ncc(C(=O)O)c2OCC)n1. The van der Waals surface area contributed by atoms with Gasteiger partial charge >= 0.3 is 5.97 Å². The number of aromatic carboxylic acids is 1. The normalized spacial score (nSPS) is 17.0. The number of benzene rings is 1. The summed E-state index contributed by atoms with van der Waals surface area (Å²) in [6.07, 6.45) is 8.53. The summed E-state index contributed by atoms with van der Waals surface area (Å²) in [5.41, 5.74) is 8.15. The van der Waals surface area contributed by atoms with Gasteiger partial charge in [0.05, 0.1) is 18.5 Å². The van der Waals surface area contributed by atoms with E-state index in [1.165, 1.54) is 33.1 Å². The van der Waals surface area contributed by atoms with Gasteiger partial charge in [0.25, 0.3) is 0 Å². The third-order valence-corrected chi connectivity index (χ3v) is 9.12. The first-order chi connectivity index (χ1) is 21.9. The number of aromatic nitrogens is 3. The molecule has 5 rings (SSSR count). The quantitative estimate of drug-likeness (QED) is 0.192. The number of carboxylic acids is 1. The Morgan fingerprint density at radius 2 is 1.91 bits per heavy atom. The molecule has 0 bridgehead atoms. The largest absolute Gasteiger partial charge is 0.488 e. The van der Waals surface area contributed by atoms with Crippen LogP contribution in [-0.2, 0) is 28.9 Å². The maximum Gasteiger partial charge on any atom is 0.342 e. The lowest BCUT2D eigenvalue weighted by atomic mass is 9.94. The lowest BCUT2D eigenvalue weighted by molar-refractivity contribution is 0.0355. The lowest BCUT2D eigenvalue weighted by Gasteiger charge is -2.33. The average Bonchev–Trinajstić information content (AvgIpc) is 3.36. The van der Waals surface area contributed by atoms with Crippen molar-refractivity contribution in [1.29, 1.82) is 0 Å². The second-order valence-corrected chi connectivity index (χ2v) is 11.7. The number of pyridine rings is 1. The van der Waals surface area contributed by atoms with Gasteiger partial charge in [-0.3, -0.25) is 4.90 Å². The predicted octanol–water partition coefficient (Wildman–Crippen LogP) is 6.56. The molecule has 1 aromatic carbocycles. The van der Waals surface area contributed by atoms with Crippen molar-refractivity contribution in [3.8, 4) is 11.7 Å². The zero-order chi connectivity index (χ0) is 31.9. The van der Waals surface area contributed by atoms with Crippen molar-refractivity contribution in [2.45, 2.75) is 79.4 Å². The Kier molecular flexibility index (Phi) is 10.7. The summed E-state index contributed by atoms with van der Waals surface area (Å²) in [5.74, 6) is 0.328. The van der Waals surface area contributed by atoms with E-state index >= 15 is 0 Å². The molecule has 1 saturated heterocycles. The fourth-order valence-electron chi connectivity index (χ4n) is 6.40. The molecular formula is C36H46N4O5. The van der Waals surface area contributed by atoms with Crippen molar-refractivity contribution in [3.63, 3.8) is 0 Å². The van der Waals surface area contributed by atoms with Gasteiger partial charge in [-0.1, -0.05) is 31.2 Å². The van der Waals surface area contributed by atoms with Gasteiger partial charge < -0.3 is 19.3 Å². The summed E-state index contributed by atoms with van der Waals surface area (Å²) in [6.45, 7) is 15.0. The van der Waals surface area contributed by atoms with E-state index in [1.807, 2.05) is 25.1 Å². The van der Waals surface area contributed by atoms with Crippen LogP contribution in [0.25, 0.3) is 11.4 Å². The van der Waals surface area contributed by atoms with Crippen molar-refractivity contribution in [1.82, 2.24) is 19.7 Å². The van der Waals surface area contributed by atoms with Crippen molar-refractivity contribution < 1.29 is 24.1 Å². The topological polar surface area (TPSA) is 98.9 Å². The molecule has 240 valence electrons. The van der Waals surface area contributed by atoms with E-state index in [9.17, 15) is 9.90 Å². The standard InChI is InChI=1S/C36H46N4O5/c1-6-24(4)34(29(7-2)32-10-9-11-33(38-32)40-35(44-8-3)31(22-37-40)36(41)42)45-23-27-13-12-26-14-18-39(19-15-30(26)25(27)5)28-16-20-43-21-17-28/h7,9-13,22,28H,6,8,14-21,23H2,1-5H3,(H,41,42)/b29-7-,34-24+. The number of rotatable bonds is 11. The van der Waals surface area contributed by atoms with Crippen LogP contribution in [0.5, 0.6) is 5.88 Å². The van der Waals surface area contributed by atoms with Crippen LogP contribution < -0.4 is 4.74 Å². The summed E-state index contributed by atoms with van der Waals surface area (Å²) in [4.78, 5) is 19.3. The molecule has 3 aromatic rings. The van der Waals surface area contributed by atoms with Gasteiger partial charge in [-0.2, -0.15) is 9.78 Å². The van der Waals surface area contributed by atoms with E-state index in [-0.39, 0.29) is 11.4 Å². The van der Waals surface area contributed by atoms with E-state index in [0.29, 0.717) is 30.8 Å². The Hall–Kier alpha value is -3.95. The smallest absolute Gasteiger partial charge is 0.342 e. The molecule has 2 aliphatic heterocycles. The van der Waals surface area contributed by atoms with Gasteiger partial charge in [-0.25, -0.2) is 9.78 Å². The second kappa shape index (κ2) is 14.9. The molecule has 0 aliphatic carbocycles. The molecule has 0 spiro atoms. The fourth-order valence-corrected chi connectivity index (χ4v) is 6.40. The van der Waals surface area contributed by atoms with E-state index in [0.717, 1.165) is 75.3 Å². The minimum atomic E-state index is -1.10. The maximum atomic E-state index is 11.8. The Bertz CT molecular complexity index is 1570. The molecule has 9 heteroatoms.